The quantitative estimate of drug-likeness (QED) is 0.163. The Kier molecular flexibility index (Phi) is 8.49. The molecule has 1 atom stereocenters. The molecule has 1 heterocycles. The molecule has 7 heteroatoms. The van der Waals surface area contributed by atoms with Crippen LogP contribution in [0, 0.1) is 12.8 Å². The van der Waals surface area contributed by atoms with E-state index in [9.17, 15) is 19.5 Å². The van der Waals surface area contributed by atoms with Crippen molar-refractivity contribution in [2.24, 2.45) is 5.92 Å². The molecule has 0 radical (unpaired) electrons. The molecule has 0 spiro atoms. The monoisotopic (exact) mass is 527 g/mol. The number of Topliss-reactive ketones (excluding diaryl/α,β-unsaturated/α-hetero) is 1. The van der Waals surface area contributed by atoms with E-state index in [1.165, 1.54) is 4.90 Å². The summed E-state index contributed by atoms with van der Waals surface area (Å²) in [6.45, 7) is 8.69. The van der Waals surface area contributed by atoms with Gasteiger partial charge in [0.2, 0.25) is 0 Å². The third-order valence-corrected chi connectivity index (χ3v) is 6.49. The van der Waals surface area contributed by atoms with E-state index in [0.717, 1.165) is 11.1 Å². The maximum Gasteiger partial charge on any atom is 0.338 e. The lowest BCUT2D eigenvalue weighted by Gasteiger charge is -2.25. The number of ether oxygens (including phenoxy) is 2. The molecular weight excluding hydrogens is 494 g/mol. The molecular formula is C32H33NO6. The van der Waals surface area contributed by atoms with Crippen molar-refractivity contribution in [3.05, 3.63) is 106 Å². The number of aliphatic hydroxyl groups excluding tert-OH is 1. The molecule has 1 unspecified atom stereocenters. The number of aryl methyl sites for hydroxylation is 1. The van der Waals surface area contributed by atoms with Crippen LogP contribution in [-0.4, -0.2) is 40.9 Å². The van der Waals surface area contributed by atoms with Gasteiger partial charge in [-0.1, -0.05) is 56.3 Å². The van der Waals surface area contributed by atoms with Gasteiger partial charge in [0, 0.05) is 12.1 Å². The molecule has 1 N–H and O–H groups in total. The number of rotatable bonds is 9. The summed E-state index contributed by atoms with van der Waals surface area (Å²) < 4.78 is 10.9. The summed E-state index contributed by atoms with van der Waals surface area (Å²) in [7, 11) is 0. The maximum absolute atomic E-state index is 13.4. The normalized spacial score (nSPS) is 16.5. The molecule has 1 saturated heterocycles. The molecule has 202 valence electrons. The number of likely N-dealkylation sites (tertiary alicyclic amines) is 1. The summed E-state index contributed by atoms with van der Waals surface area (Å²) in [6, 6.07) is 20.3. The predicted molar refractivity (Wildman–Crippen MR) is 148 cm³/mol. The van der Waals surface area contributed by atoms with Gasteiger partial charge in [0.1, 0.15) is 11.5 Å². The standard InChI is InChI=1S/C32H33NO6/c1-5-38-32(37)24-13-11-22(12-14-24)18-33-28(23-9-7-6-8-10-23)27(30(35)31(33)36)29(34)25-15-16-26(21(4)17-25)39-19-20(2)3/h6-17,20,28,34H,5,18-19H2,1-4H3/b29-27-. The minimum absolute atomic E-state index is 0.0320. The van der Waals surface area contributed by atoms with Gasteiger partial charge in [0.25, 0.3) is 11.7 Å². The van der Waals surface area contributed by atoms with Gasteiger partial charge in [-0.15, -0.1) is 0 Å². The van der Waals surface area contributed by atoms with Crippen molar-refractivity contribution in [3.8, 4) is 5.75 Å². The maximum atomic E-state index is 13.4. The van der Waals surface area contributed by atoms with Crippen LogP contribution in [0.3, 0.4) is 0 Å². The van der Waals surface area contributed by atoms with E-state index in [0.29, 0.717) is 35.0 Å². The Morgan fingerprint density at radius 3 is 2.26 bits per heavy atom. The highest BCUT2D eigenvalue weighted by Crippen LogP contribution is 2.40. The fraction of sp³-hybridized carbons (Fsp3) is 0.281. The summed E-state index contributed by atoms with van der Waals surface area (Å²) >= 11 is 0. The molecule has 0 saturated carbocycles. The van der Waals surface area contributed by atoms with Crippen LogP contribution in [0.1, 0.15) is 59.4 Å². The lowest BCUT2D eigenvalue weighted by Crippen LogP contribution is -2.29. The number of carbonyl (C=O) groups is 3. The third-order valence-electron chi connectivity index (χ3n) is 6.49. The molecule has 39 heavy (non-hydrogen) atoms. The zero-order valence-electron chi connectivity index (χ0n) is 22.6. The average Bonchev–Trinajstić information content (AvgIpc) is 3.17. The highest BCUT2D eigenvalue weighted by Gasteiger charge is 2.46. The Balaban J connectivity index is 1.71. The number of aliphatic hydroxyl groups is 1. The molecule has 1 amide bonds. The van der Waals surface area contributed by atoms with Gasteiger partial charge in [-0.05, 0) is 66.8 Å². The van der Waals surface area contributed by atoms with Crippen LogP contribution >= 0.6 is 0 Å². The van der Waals surface area contributed by atoms with Gasteiger partial charge in [0.05, 0.1) is 30.4 Å². The smallest absolute Gasteiger partial charge is 0.338 e. The number of amides is 1. The lowest BCUT2D eigenvalue weighted by atomic mass is 9.94. The number of nitrogens with zero attached hydrogens (tertiary/aromatic N) is 1. The lowest BCUT2D eigenvalue weighted by molar-refractivity contribution is -0.140. The van der Waals surface area contributed by atoms with Gasteiger partial charge in [-0.2, -0.15) is 0 Å². The van der Waals surface area contributed by atoms with Crippen LogP contribution in [-0.2, 0) is 20.9 Å². The van der Waals surface area contributed by atoms with Gasteiger partial charge in [0.15, 0.2) is 0 Å². The average molecular weight is 528 g/mol. The van der Waals surface area contributed by atoms with E-state index in [-0.39, 0.29) is 24.5 Å². The SMILES string of the molecule is CCOC(=O)c1ccc(CN2C(=O)C(=O)/C(=C(\O)c3ccc(OCC(C)C)c(C)c3)C2c2ccccc2)cc1. The Labute approximate surface area is 228 Å². The van der Waals surface area contributed by atoms with Crippen molar-refractivity contribution >= 4 is 23.4 Å². The van der Waals surface area contributed by atoms with Crippen molar-refractivity contribution in [1.29, 1.82) is 0 Å². The first kappa shape index (κ1) is 27.6. The molecule has 0 aliphatic carbocycles. The van der Waals surface area contributed by atoms with E-state index in [2.05, 4.69) is 13.8 Å². The summed E-state index contributed by atoms with van der Waals surface area (Å²) in [4.78, 5) is 40.1. The molecule has 1 aliphatic rings. The molecule has 1 fully saturated rings. The van der Waals surface area contributed by atoms with Gasteiger partial charge in [-0.25, -0.2) is 4.79 Å². The van der Waals surface area contributed by atoms with Crippen LogP contribution in [0.5, 0.6) is 5.75 Å². The van der Waals surface area contributed by atoms with Crippen LogP contribution in [0.25, 0.3) is 5.76 Å². The first-order valence-electron chi connectivity index (χ1n) is 13.0. The number of benzene rings is 3. The minimum Gasteiger partial charge on any atom is -0.507 e. The first-order chi connectivity index (χ1) is 18.7. The van der Waals surface area contributed by atoms with E-state index in [1.54, 1.807) is 49.4 Å². The second kappa shape index (κ2) is 12.0. The van der Waals surface area contributed by atoms with E-state index in [1.807, 2.05) is 37.3 Å². The highest BCUT2D eigenvalue weighted by atomic mass is 16.5. The van der Waals surface area contributed by atoms with Crippen molar-refractivity contribution < 1.29 is 29.0 Å². The van der Waals surface area contributed by atoms with E-state index in [4.69, 9.17) is 9.47 Å². The Morgan fingerprint density at radius 1 is 0.974 bits per heavy atom. The van der Waals surface area contributed by atoms with Crippen molar-refractivity contribution in [3.63, 3.8) is 0 Å². The molecule has 0 aromatic heterocycles. The molecule has 7 nitrogen and oxygen atoms in total. The van der Waals surface area contributed by atoms with Crippen molar-refractivity contribution in [2.45, 2.75) is 40.3 Å². The Hall–Kier alpha value is -4.39. The second-order valence-electron chi connectivity index (χ2n) is 9.94. The van der Waals surface area contributed by atoms with Crippen LogP contribution in [0.4, 0.5) is 0 Å². The van der Waals surface area contributed by atoms with Crippen molar-refractivity contribution in [2.75, 3.05) is 13.2 Å². The van der Waals surface area contributed by atoms with E-state index < -0.39 is 23.7 Å². The number of ketones is 1. The van der Waals surface area contributed by atoms with E-state index >= 15 is 0 Å². The summed E-state index contributed by atoms with van der Waals surface area (Å²) in [5.41, 5.74) is 3.11. The molecule has 3 aromatic rings. The molecule has 3 aromatic carbocycles. The first-order valence-corrected chi connectivity index (χ1v) is 13.0. The van der Waals surface area contributed by atoms with Crippen LogP contribution < -0.4 is 4.74 Å². The summed E-state index contributed by atoms with van der Waals surface area (Å²) in [5.74, 6) is -1.05. The van der Waals surface area contributed by atoms with Gasteiger partial charge < -0.3 is 19.5 Å². The number of hydrogen-bond donors (Lipinski definition) is 1. The zero-order valence-corrected chi connectivity index (χ0v) is 22.6. The number of hydrogen-bond acceptors (Lipinski definition) is 6. The van der Waals surface area contributed by atoms with Crippen molar-refractivity contribution in [1.82, 2.24) is 4.90 Å². The van der Waals surface area contributed by atoms with Crippen LogP contribution in [0.15, 0.2) is 78.4 Å². The number of esters is 1. The summed E-state index contributed by atoms with van der Waals surface area (Å²) in [5, 5.41) is 11.4. The predicted octanol–water partition coefficient (Wildman–Crippen LogP) is 5.83. The fourth-order valence-electron chi connectivity index (χ4n) is 4.55. The molecule has 1 aliphatic heterocycles. The summed E-state index contributed by atoms with van der Waals surface area (Å²) in [6.07, 6.45) is 0. The Morgan fingerprint density at radius 2 is 1.64 bits per heavy atom. The number of carbonyl (C=O) groups excluding carboxylic acids is 3. The molecule has 4 rings (SSSR count). The van der Waals surface area contributed by atoms with Crippen LogP contribution in [0.2, 0.25) is 0 Å². The minimum atomic E-state index is -0.784. The molecule has 0 bridgehead atoms. The largest absolute Gasteiger partial charge is 0.507 e. The zero-order chi connectivity index (χ0) is 28.1. The van der Waals surface area contributed by atoms with Gasteiger partial charge in [-0.3, -0.25) is 9.59 Å². The highest BCUT2D eigenvalue weighted by molar-refractivity contribution is 6.46. The third kappa shape index (κ3) is 6.03. The van der Waals surface area contributed by atoms with Gasteiger partial charge >= 0.3 is 5.97 Å². The Bertz CT molecular complexity index is 1390. The second-order valence-corrected chi connectivity index (χ2v) is 9.94. The topological polar surface area (TPSA) is 93.1 Å². The fourth-order valence-corrected chi connectivity index (χ4v) is 4.55.